The van der Waals surface area contributed by atoms with Gasteiger partial charge < -0.3 is 5.32 Å². The van der Waals surface area contributed by atoms with Gasteiger partial charge in [0, 0.05) is 13.1 Å². The van der Waals surface area contributed by atoms with Crippen molar-refractivity contribution in [2.75, 3.05) is 6.54 Å². The third-order valence-electron chi connectivity index (χ3n) is 3.37. The summed E-state index contributed by atoms with van der Waals surface area (Å²) in [5, 5.41) is 8.60. The minimum absolute atomic E-state index is 0.264. The molecule has 0 aliphatic carbocycles. The summed E-state index contributed by atoms with van der Waals surface area (Å²) >= 11 is 6.14. The molecule has 0 saturated carbocycles. The normalized spacial score (nSPS) is 13.9. The monoisotopic (exact) mass is 271 g/mol. The molecule has 1 rings (SSSR count). The van der Waals surface area contributed by atoms with E-state index in [0.29, 0.717) is 6.04 Å². The highest BCUT2D eigenvalue weighted by Crippen LogP contribution is 2.25. The lowest BCUT2D eigenvalue weighted by molar-refractivity contribution is 0.254. The Morgan fingerprint density at radius 1 is 1.44 bits per heavy atom. The van der Waals surface area contributed by atoms with Gasteiger partial charge in [-0.25, -0.2) is 0 Å². The van der Waals surface area contributed by atoms with Gasteiger partial charge in [0.05, 0.1) is 16.9 Å². The SMILES string of the molecule is CCCNC(CCc1c(Cl)cnn1C)C(C)(C)C. The highest BCUT2D eigenvalue weighted by atomic mass is 35.5. The average Bonchev–Trinajstić information content (AvgIpc) is 2.58. The highest BCUT2D eigenvalue weighted by molar-refractivity contribution is 6.31. The first-order chi connectivity index (χ1) is 8.36. The molecule has 0 bridgehead atoms. The van der Waals surface area contributed by atoms with Crippen LogP contribution in [0.4, 0.5) is 0 Å². The maximum Gasteiger partial charge on any atom is 0.0817 e. The molecule has 0 aliphatic rings. The second-order valence-corrected chi connectivity index (χ2v) is 6.38. The number of hydrogen-bond acceptors (Lipinski definition) is 2. The lowest BCUT2D eigenvalue weighted by Crippen LogP contribution is -2.41. The van der Waals surface area contributed by atoms with Gasteiger partial charge in [-0.3, -0.25) is 4.68 Å². The smallest absolute Gasteiger partial charge is 0.0817 e. The van der Waals surface area contributed by atoms with Crippen molar-refractivity contribution in [3.63, 3.8) is 0 Å². The minimum atomic E-state index is 0.264. The standard InChI is InChI=1S/C14H26ClN3/c1-6-9-16-13(14(2,3)4)8-7-12-11(15)10-17-18(12)5/h10,13,16H,6-9H2,1-5H3. The maximum absolute atomic E-state index is 6.14. The second-order valence-electron chi connectivity index (χ2n) is 5.97. The first kappa shape index (κ1) is 15.5. The number of halogens is 1. The van der Waals surface area contributed by atoms with Gasteiger partial charge in [-0.2, -0.15) is 5.10 Å². The Balaban J connectivity index is 2.62. The van der Waals surface area contributed by atoms with Crippen molar-refractivity contribution in [1.29, 1.82) is 0 Å². The number of aromatic nitrogens is 2. The van der Waals surface area contributed by atoms with E-state index in [2.05, 4.69) is 38.1 Å². The number of nitrogens with zero attached hydrogens (tertiary/aromatic N) is 2. The molecule has 0 fully saturated rings. The Morgan fingerprint density at radius 3 is 2.56 bits per heavy atom. The molecule has 0 spiro atoms. The van der Waals surface area contributed by atoms with Gasteiger partial charge in [-0.15, -0.1) is 0 Å². The summed E-state index contributed by atoms with van der Waals surface area (Å²) in [6, 6.07) is 0.503. The van der Waals surface area contributed by atoms with Crippen LogP contribution in [0.15, 0.2) is 6.20 Å². The molecule has 0 saturated heterocycles. The molecule has 0 aliphatic heterocycles. The summed E-state index contributed by atoms with van der Waals surface area (Å²) in [5.41, 5.74) is 1.39. The van der Waals surface area contributed by atoms with Crippen molar-refractivity contribution in [2.45, 2.75) is 53.0 Å². The lowest BCUT2D eigenvalue weighted by Gasteiger charge is -2.32. The Morgan fingerprint density at radius 2 is 2.11 bits per heavy atom. The molecule has 0 amide bonds. The zero-order chi connectivity index (χ0) is 13.8. The Kier molecular flexibility index (Phi) is 5.67. The van der Waals surface area contributed by atoms with Crippen LogP contribution in [-0.2, 0) is 13.5 Å². The fraction of sp³-hybridized carbons (Fsp3) is 0.786. The van der Waals surface area contributed by atoms with Crippen molar-refractivity contribution in [3.05, 3.63) is 16.9 Å². The quantitative estimate of drug-likeness (QED) is 0.859. The van der Waals surface area contributed by atoms with E-state index >= 15 is 0 Å². The predicted octanol–water partition coefficient (Wildman–Crippen LogP) is 3.42. The Labute approximate surface area is 116 Å². The van der Waals surface area contributed by atoms with E-state index in [9.17, 15) is 0 Å². The summed E-state index contributed by atoms with van der Waals surface area (Å²) in [5.74, 6) is 0. The number of aryl methyl sites for hydroxylation is 1. The van der Waals surface area contributed by atoms with Crippen molar-refractivity contribution < 1.29 is 0 Å². The second kappa shape index (κ2) is 6.58. The number of hydrogen-bond donors (Lipinski definition) is 1. The first-order valence-corrected chi connectivity index (χ1v) is 7.13. The molecule has 18 heavy (non-hydrogen) atoms. The van der Waals surface area contributed by atoms with Gasteiger partial charge in [0.2, 0.25) is 0 Å². The van der Waals surface area contributed by atoms with Gasteiger partial charge in [-0.05, 0) is 31.2 Å². The van der Waals surface area contributed by atoms with Gasteiger partial charge >= 0.3 is 0 Å². The van der Waals surface area contributed by atoms with Crippen molar-refractivity contribution in [3.8, 4) is 0 Å². The van der Waals surface area contributed by atoms with E-state index in [4.69, 9.17) is 11.6 Å². The molecule has 1 aromatic rings. The predicted molar refractivity (Wildman–Crippen MR) is 78.1 cm³/mol. The van der Waals surface area contributed by atoms with Crippen LogP contribution in [0.5, 0.6) is 0 Å². The van der Waals surface area contributed by atoms with Crippen LogP contribution in [0, 0.1) is 5.41 Å². The molecule has 3 nitrogen and oxygen atoms in total. The Bertz CT molecular complexity index is 346. The van der Waals surface area contributed by atoms with Crippen LogP contribution >= 0.6 is 11.6 Å². The van der Waals surface area contributed by atoms with Crippen molar-refractivity contribution >= 4 is 11.6 Å². The minimum Gasteiger partial charge on any atom is -0.313 e. The number of rotatable bonds is 6. The van der Waals surface area contributed by atoms with E-state index in [1.807, 2.05) is 11.7 Å². The molecule has 1 unspecified atom stereocenters. The van der Waals surface area contributed by atoms with Crippen molar-refractivity contribution in [2.24, 2.45) is 12.5 Å². The van der Waals surface area contributed by atoms with Crippen LogP contribution in [0.2, 0.25) is 5.02 Å². The molecule has 1 heterocycles. The topological polar surface area (TPSA) is 29.9 Å². The molecular formula is C14H26ClN3. The van der Waals surface area contributed by atoms with E-state index in [1.165, 1.54) is 6.42 Å². The Hall–Kier alpha value is -0.540. The zero-order valence-electron chi connectivity index (χ0n) is 12.3. The molecule has 1 aromatic heterocycles. The molecular weight excluding hydrogens is 246 g/mol. The van der Waals surface area contributed by atoms with Crippen molar-refractivity contribution in [1.82, 2.24) is 15.1 Å². The summed E-state index contributed by atoms with van der Waals surface area (Å²) in [6.45, 7) is 10.1. The van der Waals surface area contributed by atoms with Gasteiger partial charge in [0.25, 0.3) is 0 Å². The lowest BCUT2D eigenvalue weighted by atomic mass is 9.83. The fourth-order valence-corrected chi connectivity index (χ4v) is 2.42. The van der Waals surface area contributed by atoms with Crippen LogP contribution in [0.25, 0.3) is 0 Å². The van der Waals surface area contributed by atoms with Crippen LogP contribution in [0.3, 0.4) is 0 Å². The largest absolute Gasteiger partial charge is 0.313 e. The summed E-state index contributed by atoms with van der Waals surface area (Å²) in [6.07, 6.45) is 4.94. The van der Waals surface area contributed by atoms with E-state index in [0.717, 1.165) is 30.1 Å². The summed E-state index contributed by atoms with van der Waals surface area (Å²) in [4.78, 5) is 0. The van der Waals surface area contributed by atoms with E-state index < -0.39 is 0 Å². The number of nitrogens with one attached hydrogen (secondary N) is 1. The third kappa shape index (κ3) is 4.29. The summed E-state index contributed by atoms with van der Waals surface area (Å²) in [7, 11) is 1.95. The molecule has 4 heteroatoms. The molecule has 0 aromatic carbocycles. The average molecular weight is 272 g/mol. The highest BCUT2D eigenvalue weighted by Gasteiger charge is 2.24. The fourth-order valence-electron chi connectivity index (χ4n) is 2.16. The molecule has 104 valence electrons. The third-order valence-corrected chi connectivity index (χ3v) is 3.68. The zero-order valence-corrected chi connectivity index (χ0v) is 13.0. The molecule has 1 N–H and O–H groups in total. The molecule has 0 radical (unpaired) electrons. The van der Waals surface area contributed by atoms with E-state index in [1.54, 1.807) is 6.20 Å². The van der Waals surface area contributed by atoms with Crippen LogP contribution in [-0.4, -0.2) is 22.4 Å². The first-order valence-electron chi connectivity index (χ1n) is 6.76. The van der Waals surface area contributed by atoms with Gasteiger partial charge in [-0.1, -0.05) is 39.3 Å². The maximum atomic E-state index is 6.14. The van der Waals surface area contributed by atoms with Crippen LogP contribution < -0.4 is 5.32 Å². The van der Waals surface area contributed by atoms with Gasteiger partial charge in [0.1, 0.15) is 0 Å². The van der Waals surface area contributed by atoms with Crippen LogP contribution in [0.1, 0.15) is 46.2 Å². The van der Waals surface area contributed by atoms with Gasteiger partial charge in [0.15, 0.2) is 0 Å². The summed E-state index contributed by atoms with van der Waals surface area (Å²) < 4.78 is 1.88. The molecule has 1 atom stereocenters. The van der Waals surface area contributed by atoms with E-state index in [-0.39, 0.29) is 5.41 Å².